The average molecular weight is 340 g/mol. The number of hydrogen-bond donors (Lipinski definition) is 2. The highest BCUT2D eigenvalue weighted by Crippen LogP contribution is 2.18. The summed E-state index contributed by atoms with van der Waals surface area (Å²) in [4.78, 5) is 27.6. The minimum absolute atomic E-state index is 0.0502. The quantitative estimate of drug-likeness (QED) is 0.843. The molecule has 3 rings (SSSR count). The van der Waals surface area contributed by atoms with Crippen molar-refractivity contribution in [3.8, 4) is 0 Å². The van der Waals surface area contributed by atoms with Crippen LogP contribution in [0.3, 0.4) is 0 Å². The Bertz CT molecular complexity index is 766. The summed E-state index contributed by atoms with van der Waals surface area (Å²) in [6.45, 7) is 2.55. The molecule has 0 bridgehead atoms. The lowest BCUT2D eigenvalue weighted by atomic mass is 9.93. The second kappa shape index (κ2) is 8.58. The van der Waals surface area contributed by atoms with Gasteiger partial charge in [-0.1, -0.05) is 12.1 Å². The van der Waals surface area contributed by atoms with Crippen molar-refractivity contribution in [2.75, 3.05) is 18.4 Å². The fourth-order valence-corrected chi connectivity index (χ4v) is 3.18. The zero-order valence-electron chi connectivity index (χ0n) is 14.3. The van der Waals surface area contributed by atoms with Gasteiger partial charge in [0.15, 0.2) is 0 Å². The molecule has 2 N–H and O–H groups in total. The number of carbonyl (C=O) groups is 1. The molecule has 0 aliphatic carbocycles. The Kier molecular flexibility index (Phi) is 5.95. The SMILES string of the molecule is O=C(CCC1CCNCC1)Nc1cccc(Cn2cccnc2=O)c1. The zero-order valence-corrected chi connectivity index (χ0v) is 14.3. The maximum atomic E-state index is 12.2. The second-order valence-corrected chi connectivity index (χ2v) is 6.51. The molecule has 6 nitrogen and oxygen atoms in total. The number of benzene rings is 1. The first-order valence-electron chi connectivity index (χ1n) is 8.82. The average Bonchev–Trinajstić information content (AvgIpc) is 2.63. The monoisotopic (exact) mass is 340 g/mol. The van der Waals surface area contributed by atoms with Crippen molar-refractivity contribution < 1.29 is 4.79 Å². The van der Waals surface area contributed by atoms with E-state index in [2.05, 4.69) is 15.6 Å². The van der Waals surface area contributed by atoms with E-state index >= 15 is 0 Å². The normalized spacial score (nSPS) is 15.0. The van der Waals surface area contributed by atoms with Crippen LogP contribution in [0.2, 0.25) is 0 Å². The van der Waals surface area contributed by atoms with Gasteiger partial charge in [0.2, 0.25) is 5.91 Å². The summed E-state index contributed by atoms with van der Waals surface area (Å²) in [5.74, 6) is 0.699. The van der Waals surface area contributed by atoms with Crippen molar-refractivity contribution in [1.82, 2.24) is 14.9 Å². The van der Waals surface area contributed by atoms with Gasteiger partial charge in [-0.25, -0.2) is 9.78 Å². The van der Waals surface area contributed by atoms with Gasteiger partial charge in [-0.15, -0.1) is 0 Å². The van der Waals surface area contributed by atoms with E-state index in [1.165, 1.54) is 10.8 Å². The highest BCUT2D eigenvalue weighted by molar-refractivity contribution is 5.90. The summed E-state index contributed by atoms with van der Waals surface area (Å²) in [7, 11) is 0. The Morgan fingerprint density at radius 2 is 2.12 bits per heavy atom. The lowest BCUT2D eigenvalue weighted by molar-refractivity contribution is -0.116. The Balaban J connectivity index is 1.55. The fourth-order valence-electron chi connectivity index (χ4n) is 3.18. The Hall–Kier alpha value is -2.47. The number of nitrogens with zero attached hydrogens (tertiary/aromatic N) is 2. The van der Waals surface area contributed by atoms with Crippen LogP contribution in [0.15, 0.2) is 47.5 Å². The molecule has 1 aliphatic rings. The minimum atomic E-state index is -0.279. The van der Waals surface area contributed by atoms with E-state index in [-0.39, 0.29) is 11.6 Å². The first-order chi connectivity index (χ1) is 12.2. The van der Waals surface area contributed by atoms with Crippen LogP contribution in [-0.2, 0) is 11.3 Å². The third-order valence-corrected chi connectivity index (χ3v) is 4.58. The molecule has 6 heteroatoms. The number of aromatic nitrogens is 2. The van der Waals surface area contributed by atoms with E-state index < -0.39 is 0 Å². The first kappa shape index (κ1) is 17.4. The van der Waals surface area contributed by atoms with E-state index in [1.807, 2.05) is 24.3 Å². The van der Waals surface area contributed by atoms with Gasteiger partial charge in [0.05, 0.1) is 6.54 Å². The van der Waals surface area contributed by atoms with E-state index in [4.69, 9.17) is 0 Å². The molecule has 2 aromatic rings. The summed E-state index contributed by atoms with van der Waals surface area (Å²) >= 11 is 0. The Morgan fingerprint density at radius 3 is 2.92 bits per heavy atom. The number of anilines is 1. The molecule has 1 aliphatic heterocycles. The second-order valence-electron chi connectivity index (χ2n) is 6.51. The van der Waals surface area contributed by atoms with Crippen LogP contribution in [0.1, 0.15) is 31.2 Å². The standard InChI is InChI=1S/C19H24N4O2/c24-18(6-5-15-7-10-20-11-8-15)22-17-4-1-3-16(13-17)14-23-12-2-9-21-19(23)25/h1-4,9,12-13,15,20H,5-8,10-11,14H2,(H,22,24). The summed E-state index contributed by atoms with van der Waals surface area (Å²) in [5.41, 5.74) is 1.44. The highest BCUT2D eigenvalue weighted by atomic mass is 16.2. The molecule has 0 unspecified atom stereocenters. The molecule has 132 valence electrons. The van der Waals surface area contributed by atoms with E-state index in [1.54, 1.807) is 12.3 Å². The van der Waals surface area contributed by atoms with Gasteiger partial charge >= 0.3 is 5.69 Å². The van der Waals surface area contributed by atoms with E-state index in [9.17, 15) is 9.59 Å². The van der Waals surface area contributed by atoms with Gasteiger partial charge in [0, 0.05) is 24.5 Å². The van der Waals surface area contributed by atoms with Crippen molar-refractivity contribution in [3.05, 3.63) is 58.8 Å². The summed E-state index contributed by atoms with van der Waals surface area (Å²) in [5, 5.41) is 6.31. The predicted octanol–water partition coefficient (Wildman–Crippen LogP) is 2.01. The molecule has 0 saturated carbocycles. The number of rotatable bonds is 6. The van der Waals surface area contributed by atoms with Crippen LogP contribution in [0.25, 0.3) is 0 Å². The number of amides is 1. The Labute approximate surface area is 147 Å². The van der Waals surface area contributed by atoms with Crippen molar-refractivity contribution in [2.45, 2.75) is 32.2 Å². The van der Waals surface area contributed by atoms with Gasteiger partial charge < -0.3 is 10.6 Å². The molecule has 1 aromatic carbocycles. The molecule has 1 fully saturated rings. The van der Waals surface area contributed by atoms with Crippen LogP contribution in [0.4, 0.5) is 5.69 Å². The molecule has 1 aromatic heterocycles. The lowest BCUT2D eigenvalue weighted by Gasteiger charge is -2.22. The number of piperidine rings is 1. The predicted molar refractivity (Wildman–Crippen MR) is 97.5 cm³/mol. The topological polar surface area (TPSA) is 76.0 Å². The fraction of sp³-hybridized carbons (Fsp3) is 0.421. The van der Waals surface area contributed by atoms with E-state index in [0.29, 0.717) is 18.9 Å². The molecule has 0 atom stereocenters. The molecule has 1 amide bonds. The molecule has 0 radical (unpaired) electrons. The lowest BCUT2D eigenvalue weighted by Crippen LogP contribution is -2.28. The van der Waals surface area contributed by atoms with Crippen LogP contribution < -0.4 is 16.3 Å². The van der Waals surface area contributed by atoms with Gasteiger partial charge in [-0.3, -0.25) is 9.36 Å². The maximum absolute atomic E-state index is 12.2. The van der Waals surface area contributed by atoms with Crippen LogP contribution in [-0.4, -0.2) is 28.5 Å². The highest BCUT2D eigenvalue weighted by Gasteiger charge is 2.14. The third-order valence-electron chi connectivity index (χ3n) is 4.58. The maximum Gasteiger partial charge on any atom is 0.347 e. The molecular formula is C19H24N4O2. The van der Waals surface area contributed by atoms with Crippen LogP contribution in [0, 0.1) is 5.92 Å². The molecular weight excluding hydrogens is 316 g/mol. The van der Waals surface area contributed by atoms with Crippen LogP contribution >= 0.6 is 0 Å². The molecule has 25 heavy (non-hydrogen) atoms. The Morgan fingerprint density at radius 1 is 1.28 bits per heavy atom. The van der Waals surface area contributed by atoms with Crippen molar-refractivity contribution in [1.29, 1.82) is 0 Å². The van der Waals surface area contributed by atoms with Crippen molar-refractivity contribution in [2.24, 2.45) is 5.92 Å². The van der Waals surface area contributed by atoms with Gasteiger partial charge in [0.1, 0.15) is 0 Å². The number of hydrogen-bond acceptors (Lipinski definition) is 4. The molecule has 1 saturated heterocycles. The molecule has 0 spiro atoms. The third kappa shape index (κ3) is 5.26. The van der Waals surface area contributed by atoms with Gasteiger partial charge in [0.25, 0.3) is 0 Å². The smallest absolute Gasteiger partial charge is 0.326 e. The van der Waals surface area contributed by atoms with Gasteiger partial charge in [-0.2, -0.15) is 0 Å². The summed E-state index contributed by atoms with van der Waals surface area (Å²) in [6, 6.07) is 9.33. The summed E-state index contributed by atoms with van der Waals surface area (Å²) < 4.78 is 1.54. The van der Waals surface area contributed by atoms with Crippen molar-refractivity contribution in [3.63, 3.8) is 0 Å². The first-order valence-corrected chi connectivity index (χ1v) is 8.82. The number of carbonyl (C=O) groups excluding carboxylic acids is 1. The van der Waals surface area contributed by atoms with E-state index in [0.717, 1.165) is 43.6 Å². The van der Waals surface area contributed by atoms with Crippen molar-refractivity contribution >= 4 is 11.6 Å². The zero-order chi connectivity index (χ0) is 17.5. The molecule has 2 heterocycles. The minimum Gasteiger partial charge on any atom is -0.326 e. The number of nitrogens with one attached hydrogen (secondary N) is 2. The largest absolute Gasteiger partial charge is 0.347 e. The van der Waals surface area contributed by atoms with Crippen LogP contribution in [0.5, 0.6) is 0 Å². The summed E-state index contributed by atoms with van der Waals surface area (Å²) in [6.07, 6.45) is 7.00. The van der Waals surface area contributed by atoms with Gasteiger partial charge in [-0.05, 0) is 62.0 Å².